The Kier molecular flexibility index (Phi) is 5.24. The van der Waals surface area contributed by atoms with Crippen LogP contribution in [0.15, 0.2) is 48.5 Å². The van der Waals surface area contributed by atoms with Crippen LogP contribution in [0.5, 0.6) is 0 Å². The molecule has 0 bridgehead atoms. The average molecular weight is 339 g/mol. The molecule has 5 nitrogen and oxygen atoms in total. The maximum absolute atomic E-state index is 12.9. The summed E-state index contributed by atoms with van der Waals surface area (Å²) in [4.78, 5) is 16.7. The average Bonchev–Trinajstić information content (AvgIpc) is 2.66. The van der Waals surface area contributed by atoms with E-state index in [0.29, 0.717) is 6.54 Å². The largest absolute Gasteiger partial charge is 0.394 e. The van der Waals surface area contributed by atoms with Crippen molar-refractivity contribution in [2.45, 2.75) is 19.4 Å². The third-order valence-electron chi connectivity index (χ3n) is 4.88. The molecule has 1 aliphatic heterocycles. The summed E-state index contributed by atoms with van der Waals surface area (Å²) in [5.41, 5.74) is 4.01. The predicted molar refractivity (Wildman–Crippen MR) is 101 cm³/mol. The van der Waals surface area contributed by atoms with E-state index >= 15 is 0 Å². The number of hydrogen-bond acceptors (Lipinski definition) is 3. The van der Waals surface area contributed by atoms with E-state index in [2.05, 4.69) is 23.2 Å². The van der Waals surface area contributed by atoms with Crippen LogP contribution in [0.1, 0.15) is 24.1 Å². The normalized spacial score (nSPS) is 16.3. The van der Waals surface area contributed by atoms with Crippen LogP contribution in [-0.4, -0.2) is 42.8 Å². The summed E-state index contributed by atoms with van der Waals surface area (Å²) in [6.45, 7) is 3.44. The van der Waals surface area contributed by atoms with E-state index in [0.717, 1.165) is 29.9 Å². The van der Waals surface area contributed by atoms with E-state index in [1.807, 2.05) is 49.5 Å². The number of carbonyl (C=O) groups is 1. The number of fused-ring (bicyclic) bond motifs is 1. The number of amides is 2. The molecule has 1 atom stereocenters. The highest BCUT2D eigenvalue weighted by atomic mass is 16.3. The van der Waals surface area contributed by atoms with Crippen LogP contribution in [-0.2, 0) is 6.42 Å². The molecule has 5 heteroatoms. The molecule has 0 fully saturated rings. The van der Waals surface area contributed by atoms with Gasteiger partial charge in [0.15, 0.2) is 0 Å². The van der Waals surface area contributed by atoms with Gasteiger partial charge in [-0.05, 0) is 36.6 Å². The molecular formula is C20H25N3O2. The van der Waals surface area contributed by atoms with Crippen molar-refractivity contribution in [3.63, 3.8) is 0 Å². The lowest BCUT2D eigenvalue weighted by Gasteiger charge is -2.36. The quantitative estimate of drug-likeness (QED) is 0.899. The summed E-state index contributed by atoms with van der Waals surface area (Å²) in [5, 5.41) is 12.9. The van der Waals surface area contributed by atoms with Gasteiger partial charge in [0.05, 0.1) is 24.0 Å². The summed E-state index contributed by atoms with van der Waals surface area (Å²) in [5.74, 6) is 0. The van der Waals surface area contributed by atoms with Crippen molar-refractivity contribution >= 4 is 17.4 Å². The minimum absolute atomic E-state index is 0.0824. The van der Waals surface area contributed by atoms with Crippen LogP contribution in [0, 0.1) is 0 Å². The van der Waals surface area contributed by atoms with Gasteiger partial charge in [-0.2, -0.15) is 0 Å². The fraction of sp³-hybridized carbons (Fsp3) is 0.350. The Balaban J connectivity index is 1.83. The van der Waals surface area contributed by atoms with Crippen LogP contribution in [0.4, 0.5) is 16.2 Å². The molecule has 0 aliphatic carbocycles. The summed E-state index contributed by atoms with van der Waals surface area (Å²) in [6.07, 6.45) is 0.802. The predicted octanol–water partition coefficient (Wildman–Crippen LogP) is 3.27. The Labute approximate surface area is 148 Å². The van der Waals surface area contributed by atoms with Crippen LogP contribution in [0.3, 0.4) is 0 Å². The zero-order chi connectivity index (χ0) is 17.8. The highest BCUT2D eigenvalue weighted by Crippen LogP contribution is 2.31. The van der Waals surface area contributed by atoms with Gasteiger partial charge in [-0.25, -0.2) is 4.79 Å². The molecule has 2 aromatic carbocycles. The molecule has 0 radical (unpaired) electrons. The molecule has 0 saturated heterocycles. The van der Waals surface area contributed by atoms with Crippen LogP contribution in [0.2, 0.25) is 0 Å². The van der Waals surface area contributed by atoms with Gasteiger partial charge in [-0.3, -0.25) is 0 Å². The number of urea groups is 1. The first-order valence-corrected chi connectivity index (χ1v) is 8.72. The fourth-order valence-electron chi connectivity index (χ4n) is 3.36. The van der Waals surface area contributed by atoms with E-state index in [9.17, 15) is 9.90 Å². The number of hydrogen-bond donors (Lipinski definition) is 2. The minimum Gasteiger partial charge on any atom is -0.394 e. The van der Waals surface area contributed by atoms with Gasteiger partial charge < -0.3 is 20.2 Å². The van der Waals surface area contributed by atoms with Crippen molar-refractivity contribution in [1.29, 1.82) is 0 Å². The van der Waals surface area contributed by atoms with Gasteiger partial charge in [0, 0.05) is 20.1 Å². The fourth-order valence-corrected chi connectivity index (χ4v) is 3.36. The number of anilines is 2. The topological polar surface area (TPSA) is 55.8 Å². The Hall–Kier alpha value is -2.53. The monoisotopic (exact) mass is 339 g/mol. The zero-order valence-electron chi connectivity index (χ0n) is 14.8. The van der Waals surface area contributed by atoms with Gasteiger partial charge in [-0.1, -0.05) is 36.4 Å². The highest BCUT2D eigenvalue weighted by Gasteiger charge is 2.30. The summed E-state index contributed by atoms with van der Waals surface area (Å²) >= 11 is 0. The molecule has 2 aromatic rings. The molecule has 1 heterocycles. The number of para-hydroxylation sites is 2. The minimum atomic E-state index is -0.305. The SMILES string of the molecule is CCN(C)c1ccccc1NC(=O)N1CCc2ccccc2C1CO. The van der Waals surface area contributed by atoms with Gasteiger partial charge in [0.2, 0.25) is 0 Å². The van der Waals surface area contributed by atoms with E-state index in [1.165, 1.54) is 5.56 Å². The maximum Gasteiger partial charge on any atom is 0.322 e. The molecule has 1 unspecified atom stereocenters. The number of nitrogens with zero attached hydrogens (tertiary/aromatic N) is 2. The molecular weight excluding hydrogens is 314 g/mol. The second-order valence-electron chi connectivity index (χ2n) is 6.30. The van der Waals surface area contributed by atoms with Gasteiger partial charge in [0.1, 0.15) is 0 Å². The summed E-state index contributed by atoms with van der Waals surface area (Å²) < 4.78 is 0. The number of nitrogens with one attached hydrogen (secondary N) is 1. The first-order chi connectivity index (χ1) is 12.2. The third kappa shape index (κ3) is 3.46. The van der Waals surface area contributed by atoms with Gasteiger partial charge in [0.25, 0.3) is 0 Å². The number of aliphatic hydroxyl groups excluding tert-OH is 1. The second-order valence-corrected chi connectivity index (χ2v) is 6.30. The molecule has 3 rings (SSSR count). The standard InChI is InChI=1S/C20H25N3O2/c1-3-22(2)18-11-7-6-10-17(18)21-20(25)23-13-12-15-8-4-5-9-16(15)19(23)14-24/h4-11,19,24H,3,12-14H2,1-2H3,(H,21,25). The molecule has 0 aromatic heterocycles. The molecule has 132 valence electrons. The lowest BCUT2D eigenvalue weighted by atomic mass is 9.93. The maximum atomic E-state index is 12.9. The van der Waals surface area contributed by atoms with E-state index in [4.69, 9.17) is 0 Å². The van der Waals surface area contributed by atoms with Gasteiger partial charge in [-0.15, -0.1) is 0 Å². The molecule has 2 N–H and O–H groups in total. The Morgan fingerprint density at radius 3 is 2.72 bits per heavy atom. The van der Waals surface area contributed by atoms with Gasteiger partial charge >= 0.3 is 6.03 Å². The zero-order valence-corrected chi connectivity index (χ0v) is 14.8. The molecule has 0 saturated carbocycles. The van der Waals surface area contributed by atoms with Crippen molar-refractivity contribution in [2.75, 3.05) is 37.0 Å². The smallest absolute Gasteiger partial charge is 0.322 e. The first-order valence-electron chi connectivity index (χ1n) is 8.72. The lowest BCUT2D eigenvalue weighted by molar-refractivity contribution is 0.135. The summed E-state index contributed by atoms with van der Waals surface area (Å²) in [6, 6.07) is 15.3. The molecule has 1 aliphatic rings. The van der Waals surface area contributed by atoms with E-state index in [1.54, 1.807) is 4.90 Å². The molecule has 25 heavy (non-hydrogen) atoms. The van der Waals surface area contributed by atoms with Crippen molar-refractivity contribution < 1.29 is 9.90 Å². The van der Waals surface area contributed by atoms with Crippen LogP contribution >= 0.6 is 0 Å². The van der Waals surface area contributed by atoms with Crippen molar-refractivity contribution in [1.82, 2.24) is 4.90 Å². The lowest BCUT2D eigenvalue weighted by Crippen LogP contribution is -2.44. The Morgan fingerprint density at radius 2 is 1.96 bits per heavy atom. The Morgan fingerprint density at radius 1 is 1.24 bits per heavy atom. The summed E-state index contributed by atoms with van der Waals surface area (Å²) in [7, 11) is 2.00. The third-order valence-corrected chi connectivity index (χ3v) is 4.88. The highest BCUT2D eigenvalue weighted by molar-refractivity contribution is 5.93. The second kappa shape index (κ2) is 7.57. The van der Waals surface area contributed by atoms with E-state index < -0.39 is 0 Å². The first kappa shape index (κ1) is 17.3. The number of carbonyl (C=O) groups excluding carboxylic acids is 1. The Bertz CT molecular complexity index is 747. The number of benzene rings is 2. The van der Waals surface area contributed by atoms with Crippen LogP contribution in [0.25, 0.3) is 0 Å². The van der Waals surface area contributed by atoms with E-state index in [-0.39, 0.29) is 18.7 Å². The molecule has 0 spiro atoms. The molecule has 2 amide bonds. The number of rotatable bonds is 4. The van der Waals surface area contributed by atoms with Crippen molar-refractivity contribution in [2.24, 2.45) is 0 Å². The van der Waals surface area contributed by atoms with Crippen LogP contribution < -0.4 is 10.2 Å². The van der Waals surface area contributed by atoms with Crippen molar-refractivity contribution in [3.05, 3.63) is 59.7 Å². The van der Waals surface area contributed by atoms with Crippen molar-refractivity contribution in [3.8, 4) is 0 Å². The number of aliphatic hydroxyl groups is 1.